The molecule has 0 saturated carbocycles. The van der Waals surface area contributed by atoms with Crippen molar-refractivity contribution in [3.8, 4) is 0 Å². The maximum atomic E-state index is 4.54. The highest BCUT2D eigenvalue weighted by atomic mass is 32.1. The third-order valence-electron chi connectivity index (χ3n) is 3.22. The molecule has 3 rings (SSSR count). The maximum Gasteiger partial charge on any atom is 0.0970 e. The van der Waals surface area contributed by atoms with Crippen LogP contribution >= 0.6 is 11.5 Å². The second-order valence-electron chi connectivity index (χ2n) is 4.68. The summed E-state index contributed by atoms with van der Waals surface area (Å²) in [7, 11) is 0. The summed E-state index contributed by atoms with van der Waals surface area (Å²) in [5.41, 5.74) is 3.10. The molecule has 0 amide bonds. The van der Waals surface area contributed by atoms with Gasteiger partial charge in [-0.3, -0.25) is 4.98 Å². The molecule has 20 heavy (non-hydrogen) atoms. The molecule has 0 aliphatic rings. The normalized spacial score (nSPS) is 12.7. The van der Waals surface area contributed by atoms with E-state index in [2.05, 4.69) is 38.9 Å². The van der Waals surface area contributed by atoms with Gasteiger partial charge in [0.15, 0.2) is 0 Å². The lowest BCUT2D eigenvalue weighted by Crippen LogP contribution is -2.23. The van der Waals surface area contributed by atoms with Crippen LogP contribution in [-0.2, 0) is 0 Å². The molecule has 2 aromatic heterocycles. The molecule has 0 aliphatic carbocycles. The quantitative estimate of drug-likeness (QED) is 0.782. The molecule has 3 aromatic rings. The van der Waals surface area contributed by atoms with Crippen molar-refractivity contribution in [1.82, 2.24) is 19.9 Å². The zero-order valence-electron chi connectivity index (χ0n) is 11.3. The van der Waals surface area contributed by atoms with Crippen LogP contribution in [0.25, 0.3) is 10.9 Å². The molecule has 1 N–H and O–H groups in total. The first-order valence-corrected chi connectivity index (χ1v) is 7.57. The van der Waals surface area contributed by atoms with Gasteiger partial charge in [-0.15, -0.1) is 5.10 Å². The van der Waals surface area contributed by atoms with Crippen molar-refractivity contribution in [2.24, 2.45) is 0 Å². The summed E-state index contributed by atoms with van der Waals surface area (Å²) < 4.78 is 3.97. The van der Waals surface area contributed by atoms with E-state index in [0.717, 1.165) is 35.1 Å². The predicted octanol–water partition coefficient (Wildman–Crippen LogP) is 3.18. The first-order chi connectivity index (χ1) is 9.88. The highest BCUT2D eigenvalue weighted by molar-refractivity contribution is 7.03. The van der Waals surface area contributed by atoms with Gasteiger partial charge in [0.25, 0.3) is 0 Å². The molecular formula is C15H16N4S. The van der Waals surface area contributed by atoms with Crippen molar-refractivity contribution < 1.29 is 0 Å². The van der Waals surface area contributed by atoms with E-state index in [9.17, 15) is 0 Å². The van der Waals surface area contributed by atoms with E-state index < -0.39 is 0 Å². The lowest BCUT2D eigenvalue weighted by atomic mass is 10.0. The molecule has 102 valence electrons. The summed E-state index contributed by atoms with van der Waals surface area (Å²) >= 11 is 1.38. The highest BCUT2D eigenvalue weighted by Crippen LogP contribution is 2.23. The Morgan fingerprint density at radius 3 is 3.00 bits per heavy atom. The molecule has 1 aromatic carbocycles. The van der Waals surface area contributed by atoms with E-state index in [4.69, 9.17) is 0 Å². The summed E-state index contributed by atoms with van der Waals surface area (Å²) in [6.45, 7) is 3.09. The van der Waals surface area contributed by atoms with Gasteiger partial charge in [-0.05, 0) is 42.2 Å². The molecule has 2 heterocycles. The molecule has 1 unspecified atom stereocenters. The first kappa shape index (κ1) is 13.1. The molecule has 0 bridgehead atoms. The van der Waals surface area contributed by atoms with Gasteiger partial charge < -0.3 is 5.32 Å². The number of aromatic nitrogens is 3. The second-order valence-corrected chi connectivity index (χ2v) is 5.29. The largest absolute Gasteiger partial charge is 0.305 e. The van der Waals surface area contributed by atoms with Crippen LogP contribution in [0, 0.1) is 0 Å². The molecule has 0 fully saturated rings. The second kappa shape index (κ2) is 6.07. The minimum absolute atomic E-state index is 0.0609. The fourth-order valence-corrected chi connectivity index (χ4v) is 2.71. The Morgan fingerprint density at radius 1 is 1.30 bits per heavy atom. The number of fused-ring (bicyclic) bond motifs is 1. The molecule has 0 spiro atoms. The van der Waals surface area contributed by atoms with E-state index in [1.807, 2.05) is 29.8 Å². The fourth-order valence-electron chi connectivity index (χ4n) is 2.23. The number of hydrogen-bond donors (Lipinski definition) is 1. The Bertz CT molecular complexity index is 681. The number of rotatable bonds is 5. The summed E-state index contributed by atoms with van der Waals surface area (Å²) in [6, 6.07) is 10.4. The van der Waals surface area contributed by atoms with Gasteiger partial charge in [0.1, 0.15) is 0 Å². The van der Waals surface area contributed by atoms with E-state index in [1.54, 1.807) is 0 Å². The third-order valence-corrected chi connectivity index (χ3v) is 3.74. The van der Waals surface area contributed by atoms with Crippen molar-refractivity contribution in [3.05, 3.63) is 53.2 Å². The number of para-hydroxylation sites is 1. The van der Waals surface area contributed by atoms with E-state index >= 15 is 0 Å². The lowest BCUT2D eigenvalue weighted by molar-refractivity contribution is 0.584. The maximum absolute atomic E-state index is 4.54. The number of pyridine rings is 1. The molecule has 0 radical (unpaired) electrons. The minimum atomic E-state index is 0.0609. The molecule has 0 saturated heterocycles. The van der Waals surface area contributed by atoms with Crippen LogP contribution < -0.4 is 5.32 Å². The van der Waals surface area contributed by atoms with Gasteiger partial charge in [0, 0.05) is 17.0 Å². The Morgan fingerprint density at radius 2 is 2.20 bits per heavy atom. The van der Waals surface area contributed by atoms with Gasteiger partial charge in [-0.25, -0.2) is 0 Å². The monoisotopic (exact) mass is 284 g/mol. The molecule has 5 heteroatoms. The van der Waals surface area contributed by atoms with Crippen LogP contribution in [0.5, 0.6) is 0 Å². The van der Waals surface area contributed by atoms with Crippen molar-refractivity contribution >= 4 is 22.4 Å². The number of benzene rings is 1. The third kappa shape index (κ3) is 2.69. The van der Waals surface area contributed by atoms with Crippen molar-refractivity contribution in [2.75, 3.05) is 6.54 Å². The standard InChI is InChI=1S/C15H16N4S/c1-2-7-16-15(14-10-20-19-18-14)12-8-11-5-3-4-6-13(11)17-9-12/h3-6,8-10,15-16H,2,7H2,1H3. The van der Waals surface area contributed by atoms with Gasteiger partial charge >= 0.3 is 0 Å². The van der Waals surface area contributed by atoms with Crippen LogP contribution in [0.15, 0.2) is 41.9 Å². The topological polar surface area (TPSA) is 50.7 Å². The zero-order valence-corrected chi connectivity index (χ0v) is 12.1. The van der Waals surface area contributed by atoms with Crippen molar-refractivity contribution in [3.63, 3.8) is 0 Å². The molecule has 4 nitrogen and oxygen atoms in total. The number of nitrogens with one attached hydrogen (secondary N) is 1. The smallest absolute Gasteiger partial charge is 0.0970 e. The molecular weight excluding hydrogens is 268 g/mol. The summed E-state index contributed by atoms with van der Waals surface area (Å²) in [6.07, 6.45) is 3.00. The van der Waals surface area contributed by atoms with Crippen LogP contribution in [0.1, 0.15) is 30.6 Å². The first-order valence-electron chi connectivity index (χ1n) is 6.73. The van der Waals surface area contributed by atoms with Gasteiger partial charge in [0.05, 0.1) is 17.3 Å². The Kier molecular flexibility index (Phi) is 3.99. The molecule has 1 atom stereocenters. The van der Waals surface area contributed by atoms with Crippen molar-refractivity contribution in [1.29, 1.82) is 0 Å². The summed E-state index contributed by atoms with van der Waals surface area (Å²) in [4.78, 5) is 4.54. The average molecular weight is 284 g/mol. The average Bonchev–Trinajstić information content (AvgIpc) is 3.02. The summed E-state index contributed by atoms with van der Waals surface area (Å²) in [5, 5.41) is 10.9. The summed E-state index contributed by atoms with van der Waals surface area (Å²) in [5.74, 6) is 0. The van der Waals surface area contributed by atoms with E-state index in [1.165, 1.54) is 11.5 Å². The van der Waals surface area contributed by atoms with E-state index in [0.29, 0.717) is 0 Å². The van der Waals surface area contributed by atoms with Crippen LogP contribution in [0.3, 0.4) is 0 Å². The fraction of sp³-hybridized carbons (Fsp3) is 0.267. The van der Waals surface area contributed by atoms with Crippen LogP contribution in [0.2, 0.25) is 0 Å². The Balaban J connectivity index is 1.99. The molecule has 0 aliphatic heterocycles. The Labute approximate surface area is 122 Å². The minimum Gasteiger partial charge on any atom is -0.305 e. The lowest BCUT2D eigenvalue weighted by Gasteiger charge is -2.16. The van der Waals surface area contributed by atoms with Gasteiger partial charge in [0.2, 0.25) is 0 Å². The predicted molar refractivity (Wildman–Crippen MR) is 81.8 cm³/mol. The van der Waals surface area contributed by atoms with Gasteiger partial charge in [-0.2, -0.15) is 0 Å². The van der Waals surface area contributed by atoms with Crippen LogP contribution in [0.4, 0.5) is 0 Å². The van der Waals surface area contributed by atoms with Crippen molar-refractivity contribution in [2.45, 2.75) is 19.4 Å². The van der Waals surface area contributed by atoms with Gasteiger partial charge in [-0.1, -0.05) is 29.6 Å². The van der Waals surface area contributed by atoms with Crippen LogP contribution in [-0.4, -0.2) is 21.1 Å². The highest BCUT2D eigenvalue weighted by Gasteiger charge is 2.16. The number of hydrogen-bond acceptors (Lipinski definition) is 5. The number of nitrogens with zero attached hydrogens (tertiary/aromatic N) is 3. The zero-order chi connectivity index (χ0) is 13.8. The van der Waals surface area contributed by atoms with E-state index in [-0.39, 0.29) is 6.04 Å². The Hall–Kier alpha value is -1.85. The SMILES string of the molecule is CCCNC(c1cnc2ccccc2c1)c1csnn1.